The van der Waals surface area contributed by atoms with E-state index >= 15 is 0 Å². The maximum absolute atomic E-state index is 13.1. The number of hydrogen-bond acceptors (Lipinski definition) is 3. The van der Waals surface area contributed by atoms with Crippen LogP contribution in [0.15, 0.2) is 48.5 Å². The van der Waals surface area contributed by atoms with Gasteiger partial charge >= 0.3 is 0 Å². The summed E-state index contributed by atoms with van der Waals surface area (Å²) < 4.78 is 13.1. The molecule has 0 aliphatic carbocycles. The monoisotopic (exact) mass is 342 g/mol. The number of carbonyl (C=O) groups is 2. The van der Waals surface area contributed by atoms with E-state index in [2.05, 4.69) is 10.6 Å². The van der Waals surface area contributed by atoms with Gasteiger partial charge in [-0.3, -0.25) is 9.59 Å². The number of halogens is 1. The highest BCUT2D eigenvalue weighted by Gasteiger charge is 2.16. The van der Waals surface area contributed by atoms with Gasteiger partial charge in [0.05, 0.1) is 6.54 Å². The van der Waals surface area contributed by atoms with E-state index in [1.807, 2.05) is 13.8 Å². The molecule has 0 saturated heterocycles. The molecule has 0 spiro atoms. The van der Waals surface area contributed by atoms with Crippen molar-refractivity contribution in [3.63, 3.8) is 0 Å². The Morgan fingerprint density at radius 3 is 2.36 bits per heavy atom. The molecule has 1 amide bonds. The van der Waals surface area contributed by atoms with Gasteiger partial charge in [0, 0.05) is 17.3 Å². The molecule has 5 heteroatoms. The number of ketones is 1. The van der Waals surface area contributed by atoms with Crippen LogP contribution in [0.4, 0.5) is 10.1 Å². The minimum atomic E-state index is -0.283. The van der Waals surface area contributed by atoms with E-state index in [4.69, 9.17) is 0 Å². The summed E-state index contributed by atoms with van der Waals surface area (Å²) in [5, 5.41) is 5.99. The van der Waals surface area contributed by atoms with Gasteiger partial charge in [-0.15, -0.1) is 0 Å². The first kappa shape index (κ1) is 18.8. The van der Waals surface area contributed by atoms with Crippen LogP contribution in [0.25, 0.3) is 0 Å². The maximum atomic E-state index is 13.1. The lowest BCUT2D eigenvalue weighted by Gasteiger charge is -2.23. The second-order valence-corrected chi connectivity index (χ2v) is 6.34. The molecule has 0 aliphatic heterocycles. The average Bonchev–Trinajstić information content (AvgIpc) is 2.56. The summed E-state index contributed by atoms with van der Waals surface area (Å²) in [7, 11) is 0. The Labute approximate surface area is 147 Å². The van der Waals surface area contributed by atoms with Crippen molar-refractivity contribution in [3.8, 4) is 0 Å². The van der Waals surface area contributed by atoms with Gasteiger partial charge in [0.1, 0.15) is 5.82 Å². The van der Waals surface area contributed by atoms with Crippen molar-refractivity contribution in [3.05, 3.63) is 65.5 Å². The number of carbonyl (C=O) groups excluding carboxylic acids is 2. The lowest BCUT2D eigenvalue weighted by Crippen LogP contribution is -2.33. The summed E-state index contributed by atoms with van der Waals surface area (Å²) in [6, 6.07) is 13.1. The van der Waals surface area contributed by atoms with Gasteiger partial charge in [0.25, 0.3) is 0 Å². The van der Waals surface area contributed by atoms with Crippen molar-refractivity contribution >= 4 is 17.4 Å². The lowest BCUT2D eigenvalue weighted by molar-refractivity contribution is -0.115. The Morgan fingerprint density at radius 2 is 1.76 bits per heavy atom. The number of nitrogens with one attached hydrogen (secondary N) is 2. The van der Waals surface area contributed by atoms with Gasteiger partial charge in [-0.05, 0) is 42.7 Å². The first-order valence-corrected chi connectivity index (χ1v) is 8.26. The molecule has 0 bridgehead atoms. The van der Waals surface area contributed by atoms with Crippen molar-refractivity contribution in [2.75, 3.05) is 11.9 Å². The molecule has 2 aromatic carbocycles. The Morgan fingerprint density at radius 1 is 1.08 bits per heavy atom. The zero-order valence-corrected chi connectivity index (χ0v) is 14.7. The fourth-order valence-electron chi connectivity index (χ4n) is 2.63. The maximum Gasteiger partial charge on any atom is 0.238 e. The Balaban J connectivity index is 1.98. The molecule has 0 aliphatic rings. The van der Waals surface area contributed by atoms with E-state index in [1.165, 1.54) is 19.1 Å². The topological polar surface area (TPSA) is 58.2 Å². The zero-order chi connectivity index (χ0) is 18.4. The van der Waals surface area contributed by atoms with Gasteiger partial charge in [0.2, 0.25) is 5.91 Å². The van der Waals surface area contributed by atoms with Crippen LogP contribution in [-0.4, -0.2) is 18.2 Å². The second-order valence-electron chi connectivity index (χ2n) is 6.34. The van der Waals surface area contributed by atoms with E-state index in [0.717, 1.165) is 5.56 Å². The lowest BCUT2D eigenvalue weighted by atomic mass is 9.96. The van der Waals surface area contributed by atoms with Gasteiger partial charge in [-0.2, -0.15) is 0 Å². The summed E-state index contributed by atoms with van der Waals surface area (Å²) in [6.07, 6.45) is 0. The minimum absolute atomic E-state index is 0.0506. The van der Waals surface area contributed by atoms with E-state index < -0.39 is 0 Å². The van der Waals surface area contributed by atoms with Gasteiger partial charge < -0.3 is 10.6 Å². The molecular weight excluding hydrogens is 319 g/mol. The smallest absolute Gasteiger partial charge is 0.238 e. The quantitative estimate of drug-likeness (QED) is 0.749. The van der Waals surface area contributed by atoms with Crippen LogP contribution < -0.4 is 10.6 Å². The summed E-state index contributed by atoms with van der Waals surface area (Å²) >= 11 is 0. The highest BCUT2D eigenvalue weighted by Crippen LogP contribution is 2.21. The third-order valence-electron chi connectivity index (χ3n) is 3.93. The molecular formula is C20H23FN2O2. The first-order valence-electron chi connectivity index (χ1n) is 8.26. The third kappa shape index (κ3) is 5.50. The molecule has 0 heterocycles. The fourth-order valence-corrected chi connectivity index (χ4v) is 2.63. The van der Waals surface area contributed by atoms with Crippen LogP contribution in [0.1, 0.15) is 42.7 Å². The number of amides is 1. The molecule has 0 unspecified atom stereocenters. The molecule has 0 fully saturated rings. The molecule has 132 valence electrons. The van der Waals surface area contributed by atoms with Crippen LogP contribution in [0.2, 0.25) is 0 Å². The number of hydrogen-bond donors (Lipinski definition) is 2. The Kier molecular flexibility index (Phi) is 6.42. The normalized spacial score (nSPS) is 12.0. The Bertz CT molecular complexity index is 742. The Hall–Kier alpha value is -2.53. The van der Waals surface area contributed by atoms with Crippen LogP contribution in [0.3, 0.4) is 0 Å². The van der Waals surface area contributed by atoms with Gasteiger partial charge in [0.15, 0.2) is 5.78 Å². The van der Waals surface area contributed by atoms with Gasteiger partial charge in [-0.1, -0.05) is 38.1 Å². The molecule has 0 saturated carbocycles. The number of anilines is 1. The highest BCUT2D eigenvalue weighted by atomic mass is 19.1. The molecule has 25 heavy (non-hydrogen) atoms. The minimum Gasteiger partial charge on any atom is -0.325 e. The molecule has 2 aromatic rings. The largest absolute Gasteiger partial charge is 0.325 e. The van der Waals surface area contributed by atoms with Crippen LogP contribution in [-0.2, 0) is 4.79 Å². The summed E-state index contributed by atoms with van der Waals surface area (Å²) in [4.78, 5) is 23.6. The van der Waals surface area contributed by atoms with Crippen molar-refractivity contribution < 1.29 is 14.0 Å². The van der Waals surface area contributed by atoms with Crippen LogP contribution in [0, 0.1) is 11.7 Å². The predicted molar refractivity (Wildman–Crippen MR) is 97.1 cm³/mol. The highest BCUT2D eigenvalue weighted by molar-refractivity contribution is 5.97. The van der Waals surface area contributed by atoms with Crippen molar-refractivity contribution in [2.24, 2.45) is 5.92 Å². The zero-order valence-electron chi connectivity index (χ0n) is 14.7. The molecule has 2 rings (SSSR count). The first-order chi connectivity index (χ1) is 11.9. The molecule has 0 aromatic heterocycles. The van der Waals surface area contributed by atoms with Crippen LogP contribution in [0.5, 0.6) is 0 Å². The van der Waals surface area contributed by atoms with Crippen molar-refractivity contribution in [2.45, 2.75) is 26.8 Å². The molecule has 4 nitrogen and oxygen atoms in total. The standard InChI is InChI=1S/C20H23FN2O2/c1-13(2)20(15-7-9-17(21)10-8-15)22-12-19(25)23-18-6-4-5-16(11-18)14(3)24/h4-11,13,20,22H,12H2,1-3H3,(H,23,25)/t20-/m0/s1. The average molecular weight is 342 g/mol. The van der Waals surface area contributed by atoms with E-state index in [-0.39, 0.29) is 36.0 Å². The van der Waals surface area contributed by atoms with E-state index in [9.17, 15) is 14.0 Å². The SMILES string of the molecule is CC(=O)c1cccc(NC(=O)CN[C@H](c2ccc(F)cc2)C(C)C)c1. The van der Waals surface area contributed by atoms with Crippen molar-refractivity contribution in [1.82, 2.24) is 5.32 Å². The number of rotatable bonds is 7. The number of benzene rings is 2. The summed E-state index contributed by atoms with van der Waals surface area (Å²) in [6.45, 7) is 5.67. The van der Waals surface area contributed by atoms with E-state index in [1.54, 1.807) is 36.4 Å². The fraction of sp³-hybridized carbons (Fsp3) is 0.300. The molecule has 0 radical (unpaired) electrons. The predicted octanol–water partition coefficient (Wildman–Crippen LogP) is 3.95. The van der Waals surface area contributed by atoms with Crippen LogP contribution >= 0.6 is 0 Å². The molecule has 1 atom stereocenters. The number of Topliss-reactive ketones (excluding diaryl/α,β-unsaturated/α-hetero) is 1. The third-order valence-corrected chi connectivity index (χ3v) is 3.93. The van der Waals surface area contributed by atoms with Gasteiger partial charge in [-0.25, -0.2) is 4.39 Å². The van der Waals surface area contributed by atoms with Crippen molar-refractivity contribution in [1.29, 1.82) is 0 Å². The molecule has 2 N–H and O–H groups in total. The summed E-state index contributed by atoms with van der Waals surface area (Å²) in [5.74, 6) is -0.299. The van der Waals surface area contributed by atoms with E-state index in [0.29, 0.717) is 11.3 Å². The second kappa shape index (κ2) is 8.53. The summed E-state index contributed by atoms with van der Waals surface area (Å²) in [5.41, 5.74) is 2.07.